The van der Waals surface area contributed by atoms with Gasteiger partial charge in [0, 0.05) is 37.7 Å². The van der Waals surface area contributed by atoms with E-state index in [1.807, 2.05) is 4.90 Å². The van der Waals surface area contributed by atoms with Crippen molar-refractivity contribution < 1.29 is 31.6 Å². The van der Waals surface area contributed by atoms with E-state index in [0.717, 1.165) is 31.9 Å². The molecule has 14 heteroatoms. The molecule has 0 atom stereocenters. The average molecular weight is 530 g/mol. The fraction of sp³-hybridized carbons (Fsp3) is 0.565. The minimum Gasteiger partial charge on any atom is -0.405 e. The number of nitro groups is 1. The predicted molar refractivity (Wildman–Crippen MR) is 125 cm³/mol. The second kappa shape index (κ2) is 11.0. The van der Waals surface area contributed by atoms with Gasteiger partial charge in [0.25, 0.3) is 5.92 Å². The van der Waals surface area contributed by atoms with Crippen LogP contribution in [0.1, 0.15) is 37.7 Å². The second-order valence-electron chi connectivity index (χ2n) is 9.33. The molecule has 0 amide bonds. The molecule has 0 bridgehead atoms. The number of likely N-dealkylation sites (tertiary alicyclic amines) is 1. The van der Waals surface area contributed by atoms with Crippen molar-refractivity contribution in [1.82, 2.24) is 14.9 Å². The standard InChI is InChI=1S/C23H27F5N6O3/c24-22(25)9-10-33(14-22)17-7-5-15(6-8-17)11-29-20-18(34(35)36)13-31-21(32-20)30-12-16-3-1-2-4-19(16)37-23(26,27)28/h1-4,13,15,17H,5-12,14H2,(H2,29,30,31,32)/t15-,17-. The van der Waals surface area contributed by atoms with Crippen molar-refractivity contribution in [3.8, 4) is 5.75 Å². The van der Waals surface area contributed by atoms with Crippen LogP contribution in [0, 0.1) is 16.0 Å². The van der Waals surface area contributed by atoms with E-state index < -0.39 is 17.2 Å². The summed E-state index contributed by atoms with van der Waals surface area (Å²) in [7, 11) is 0. The molecule has 37 heavy (non-hydrogen) atoms. The van der Waals surface area contributed by atoms with Gasteiger partial charge in [-0.25, -0.2) is 13.8 Å². The maximum atomic E-state index is 13.5. The Labute approximate surface area is 209 Å². The molecule has 2 aromatic rings. The van der Waals surface area contributed by atoms with Crippen molar-refractivity contribution in [2.75, 3.05) is 30.3 Å². The molecule has 9 nitrogen and oxygen atoms in total. The highest BCUT2D eigenvalue weighted by atomic mass is 19.4. The van der Waals surface area contributed by atoms with E-state index in [-0.39, 0.29) is 60.2 Å². The Morgan fingerprint density at radius 2 is 1.89 bits per heavy atom. The predicted octanol–water partition coefficient (Wildman–Crippen LogP) is 5.21. The Morgan fingerprint density at radius 3 is 2.54 bits per heavy atom. The van der Waals surface area contributed by atoms with Crippen LogP contribution in [0.4, 0.5) is 39.4 Å². The van der Waals surface area contributed by atoms with Crippen LogP contribution in [0.3, 0.4) is 0 Å². The zero-order valence-corrected chi connectivity index (χ0v) is 19.8. The molecule has 2 aliphatic rings. The van der Waals surface area contributed by atoms with Crippen LogP contribution >= 0.6 is 0 Å². The Morgan fingerprint density at radius 1 is 1.16 bits per heavy atom. The zero-order valence-electron chi connectivity index (χ0n) is 19.8. The Kier molecular flexibility index (Phi) is 7.95. The number of aromatic nitrogens is 2. The van der Waals surface area contributed by atoms with Gasteiger partial charge >= 0.3 is 12.0 Å². The lowest BCUT2D eigenvalue weighted by Crippen LogP contribution is -2.38. The van der Waals surface area contributed by atoms with Crippen LogP contribution in [0.15, 0.2) is 30.5 Å². The number of rotatable bonds is 9. The van der Waals surface area contributed by atoms with Crippen molar-refractivity contribution in [3.63, 3.8) is 0 Å². The largest absolute Gasteiger partial charge is 0.573 e. The second-order valence-corrected chi connectivity index (χ2v) is 9.33. The van der Waals surface area contributed by atoms with E-state index in [2.05, 4.69) is 25.3 Å². The summed E-state index contributed by atoms with van der Waals surface area (Å²) >= 11 is 0. The van der Waals surface area contributed by atoms with E-state index in [4.69, 9.17) is 0 Å². The van der Waals surface area contributed by atoms with Crippen LogP contribution in [0.2, 0.25) is 0 Å². The zero-order chi connectivity index (χ0) is 26.6. The number of halogens is 5. The third-order valence-corrected chi connectivity index (χ3v) is 6.69. The average Bonchev–Trinajstić information content (AvgIpc) is 3.21. The maximum Gasteiger partial charge on any atom is 0.573 e. The quantitative estimate of drug-likeness (QED) is 0.259. The van der Waals surface area contributed by atoms with E-state index in [0.29, 0.717) is 13.1 Å². The lowest BCUT2D eigenvalue weighted by molar-refractivity contribution is -0.384. The molecule has 2 heterocycles. The maximum absolute atomic E-state index is 13.5. The number of anilines is 2. The molecule has 1 aromatic heterocycles. The number of hydrogen-bond donors (Lipinski definition) is 2. The molecule has 0 radical (unpaired) electrons. The lowest BCUT2D eigenvalue weighted by Gasteiger charge is -2.34. The van der Waals surface area contributed by atoms with Gasteiger partial charge in [-0.15, -0.1) is 13.2 Å². The summed E-state index contributed by atoms with van der Waals surface area (Å²) in [5.74, 6) is -2.83. The summed E-state index contributed by atoms with van der Waals surface area (Å²) in [5.41, 5.74) is -0.136. The molecule has 202 valence electrons. The van der Waals surface area contributed by atoms with E-state index in [1.54, 1.807) is 6.07 Å². The van der Waals surface area contributed by atoms with Crippen molar-refractivity contribution in [2.24, 2.45) is 5.92 Å². The highest BCUT2D eigenvalue weighted by Gasteiger charge is 2.41. The van der Waals surface area contributed by atoms with E-state index in [1.165, 1.54) is 18.2 Å². The van der Waals surface area contributed by atoms with Gasteiger partial charge in [0.2, 0.25) is 11.8 Å². The van der Waals surface area contributed by atoms with Crippen molar-refractivity contribution in [2.45, 2.75) is 57.0 Å². The fourth-order valence-corrected chi connectivity index (χ4v) is 4.80. The molecule has 2 N–H and O–H groups in total. The van der Waals surface area contributed by atoms with Crippen LogP contribution in [0.25, 0.3) is 0 Å². The molecule has 1 saturated heterocycles. The lowest BCUT2D eigenvalue weighted by atomic mass is 9.85. The van der Waals surface area contributed by atoms with Gasteiger partial charge in [-0.3, -0.25) is 15.0 Å². The molecule has 0 spiro atoms. The summed E-state index contributed by atoms with van der Waals surface area (Å²) in [4.78, 5) is 20.8. The normalized spacial score (nSPS) is 22.0. The number of alkyl halides is 5. The monoisotopic (exact) mass is 530 g/mol. The highest BCUT2D eigenvalue weighted by molar-refractivity contribution is 5.57. The van der Waals surface area contributed by atoms with Gasteiger partial charge < -0.3 is 15.4 Å². The van der Waals surface area contributed by atoms with E-state index >= 15 is 0 Å². The first-order chi connectivity index (χ1) is 17.5. The van der Waals surface area contributed by atoms with Gasteiger partial charge in [0.1, 0.15) is 11.9 Å². The first kappa shape index (κ1) is 26.8. The van der Waals surface area contributed by atoms with Crippen molar-refractivity contribution in [3.05, 3.63) is 46.1 Å². The first-order valence-corrected chi connectivity index (χ1v) is 11.9. The highest BCUT2D eigenvalue weighted by Crippen LogP contribution is 2.35. The minimum absolute atomic E-state index is 0.00594. The number of benzene rings is 1. The number of nitrogens with zero attached hydrogens (tertiary/aromatic N) is 4. The van der Waals surface area contributed by atoms with Gasteiger partial charge in [0.15, 0.2) is 0 Å². The SMILES string of the molecule is O=[N+]([O-])c1cnc(NCc2ccccc2OC(F)(F)F)nc1NC[C@H]1CC[C@H](N2CCC(F)(F)C2)CC1. The fourth-order valence-electron chi connectivity index (χ4n) is 4.80. The Hall–Kier alpha value is -3.29. The van der Waals surface area contributed by atoms with Gasteiger partial charge in [-0.2, -0.15) is 4.98 Å². The van der Waals surface area contributed by atoms with E-state index in [9.17, 15) is 32.1 Å². The summed E-state index contributed by atoms with van der Waals surface area (Å²) in [6.07, 6.45) is -0.792. The smallest absolute Gasteiger partial charge is 0.405 e. The van der Waals surface area contributed by atoms with Crippen LogP contribution in [-0.2, 0) is 6.54 Å². The summed E-state index contributed by atoms with van der Waals surface area (Å²) in [5, 5.41) is 17.2. The topological polar surface area (TPSA) is 105 Å². The van der Waals surface area contributed by atoms with Gasteiger partial charge in [0.05, 0.1) is 11.5 Å². The van der Waals surface area contributed by atoms with Gasteiger partial charge in [-0.1, -0.05) is 18.2 Å². The molecule has 1 aliphatic heterocycles. The number of ether oxygens (including phenoxy) is 1. The first-order valence-electron chi connectivity index (χ1n) is 11.9. The molecule has 2 fully saturated rings. The number of nitrogens with one attached hydrogen (secondary N) is 2. The Bertz CT molecular complexity index is 1090. The summed E-state index contributed by atoms with van der Waals surface area (Å²) in [6.45, 7) is 0.498. The summed E-state index contributed by atoms with van der Waals surface area (Å²) in [6, 6.07) is 5.70. The number of para-hydroxylation sites is 1. The third kappa shape index (κ3) is 7.37. The molecule has 4 rings (SSSR count). The molecular weight excluding hydrogens is 503 g/mol. The van der Waals surface area contributed by atoms with Crippen molar-refractivity contribution in [1.29, 1.82) is 0 Å². The molecule has 1 saturated carbocycles. The minimum atomic E-state index is -4.85. The van der Waals surface area contributed by atoms with Crippen LogP contribution in [0.5, 0.6) is 5.75 Å². The molecule has 1 aromatic carbocycles. The van der Waals surface area contributed by atoms with Crippen LogP contribution < -0.4 is 15.4 Å². The van der Waals surface area contributed by atoms with Crippen molar-refractivity contribution >= 4 is 17.5 Å². The molecule has 1 aliphatic carbocycles. The Balaban J connectivity index is 1.35. The summed E-state index contributed by atoms with van der Waals surface area (Å²) < 4.78 is 69.1. The number of hydrogen-bond acceptors (Lipinski definition) is 8. The molecular formula is C23H27F5N6O3. The van der Waals surface area contributed by atoms with Gasteiger partial charge in [-0.05, 0) is 37.7 Å². The molecule has 0 unspecified atom stereocenters. The third-order valence-electron chi connectivity index (χ3n) is 6.69. The van der Waals surface area contributed by atoms with Crippen LogP contribution in [-0.4, -0.2) is 57.8 Å².